The summed E-state index contributed by atoms with van der Waals surface area (Å²) in [5, 5.41) is 0.433. The summed E-state index contributed by atoms with van der Waals surface area (Å²) in [4.78, 5) is 25.3. The van der Waals surface area contributed by atoms with Gasteiger partial charge < -0.3 is 0 Å². The Morgan fingerprint density at radius 2 is 1.39 bits per heavy atom. The number of sulfonamides is 1. The van der Waals surface area contributed by atoms with E-state index in [1.54, 1.807) is 36.4 Å². The highest BCUT2D eigenvalue weighted by atomic mass is 35.5. The molecular formula is C21H14ClNO4S. The maximum atomic E-state index is 12.8. The second-order valence-electron chi connectivity index (χ2n) is 6.48. The quantitative estimate of drug-likeness (QED) is 0.547. The van der Waals surface area contributed by atoms with E-state index in [2.05, 4.69) is 4.72 Å². The lowest BCUT2D eigenvalue weighted by atomic mass is 9.84. The largest absolute Gasteiger partial charge is 0.289 e. The normalized spacial score (nSPS) is 13.1. The third-order valence-corrected chi connectivity index (χ3v) is 6.42. The van der Waals surface area contributed by atoms with Gasteiger partial charge in [-0.1, -0.05) is 41.9 Å². The Bertz CT molecular complexity index is 1270. The van der Waals surface area contributed by atoms with Gasteiger partial charge in [-0.2, -0.15) is 0 Å². The van der Waals surface area contributed by atoms with Crippen LogP contribution in [0.4, 0.5) is 5.69 Å². The molecule has 0 bridgehead atoms. The smallest absolute Gasteiger partial charge is 0.261 e. The molecule has 4 rings (SSSR count). The van der Waals surface area contributed by atoms with Crippen molar-refractivity contribution in [2.45, 2.75) is 11.8 Å². The summed E-state index contributed by atoms with van der Waals surface area (Å²) in [6.07, 6.45) is 0. The second-order valence-corrected chi connectivity index (χ2v) is 8.57. The number of hydrogen-bond acceptors (Lipinski definition) is 4. The van der Waals surface area contributed by atoms with E-state index in [-0.39, 0.29) is 33.2 Å². The summed E-state index contributed by atoms with van der Waals surface area (Å²) in [6, 6.07) is 15.2. The van der Waals surface area contributed by atoms with Crippen molar-refractivity contribution in [3.8, 4) is 0 Å². The van der Waals surface area contributed by atoms with Crippen molar-refractivity contribution in [3.63, 3.8) is 0 Å². The van der Waals surface area contributed by atoms with Gasteiger partial charge >= 0.3 is 0 Å². The molecule has 0 saturated carbocycles. The molecule has 0 saturated heterocycles. The molecule has 0 aromatic heterocycles. The van der Waals surface area contributed by atoms with Crippen LogP contribution in [-0.4, -0.2) is 20.0 Å². The predicted molar refractivity (Wildman–Crippen MR) is 107 cm³/mol. The van der Waals surface area contributed by atoms with E-state index in [9.17, 15) is 18.0 Å². The molecule has 0 fully saturated rings. The molecule has 140 valence electrons. The highest BCUT2D eigenvalue weighted by Gasteiger charge is 2.30. The van der Waals surface area contributed by atoms with Crippen LogP contribution in [0.2, 0.25) is 5.02 Å². The van der Waals surface area contributed by atoms with Crippen LogP contribution < -0.4 is 4.72 Å². The lowest BCUT2D eigenvalue weighted by molar-refractivity contribution is 0.0979. The Morgan fingerprint density at radius 1 is 0.786 bits per heavy atom. The molecular weight excluding hydrogens is 398 g/mol. The molecule has 0 spiro atoms. The number of hydrogen-bond donors (Lipinski definition) is 1. The van der Waals surface area contributed by atoms with Crippen LogP contribution in [0, 0.1) is 6.92 Å². The van der Waals surface area contributed by atoms with E-state index in [4.69, 9.17) is 11.6 Å². The van der Waals surface area contributed by atoms with Gasteiger partial charge in [0.25, 0.3) is 10.0 Å². The van der Waals surface area contributed by atoms with Crippen LogP contribution in [0.15, 0.2) is 65.6 Å². The number of ketones is 2. The maximum absolute atomic E-state index is 12.8. The zero-order valence-corrected chi connectivity index (χ0v) is 16.3. The zero-order valence-electron chi connectivity index (χ0n) is 14.7. The summed E-state index contributed by atoms with van der Waals surface area (Å²) >= 11 is 6.05. The minimum Gasteiger partial charge on any atom is -0.289 e. The summed E-state index contributed by atoms with van der Waals surface area (Å²) in [7, 11) is -3.97. The standard InChI is InChI=1S/C21H14ClNO4S/c1-12-6-7-13(10-19(12)22)23-28(26,27)14-8-9-17-18(11-14)21(25)16-5-3-2-4-15(16)20(17)24/h2-11,23H,1H3. The highest BCUT2D eigenvalue weighted by Crippen LogP contribution is 2.30. The molecule has 1 aliphatic carbocycles. The van der Waals surface area contributed by atoms with E-state index in [1.807, 2.05) is 6.92 Å². The third-order valence-electron chi connectivity index (χ3n) is 4.63. The van der Waals surface area contributed by atoms with Crippen molar-refractivity contribution in [1.29, 1.82) is 0 Å². The molecule has 0 heterocycles. The van der Waals surface area contributed by atoms with Crippen molar-refractivity contribution >= 4 is 38.9 Å². The van der Waals surface area contributed by atoms with Gasteiger partial charge in [-0.3, -0.25) is 14.3 Å². The first-order chi connectivity index (χ1) is 13.3. The van der Waals surface area contributed by atoms with Crippen LogP contribution in [0.5, 0.6) is 0 Å². The number of benzene rings is 3. The van der Waals surface area contributed by atoms with E-state index >= 15 is 0 Å². The molecule has 1 aliphatic rings. The Morgan fingerprint density at radius 3 is 2.04 bits per heavy atom. The molecule has 3 aromatic rings. The molecule has 0 radical (unpaired) electrons. The Balaban J connectivity index is 1.75. The number of halogens is 1. The van der Waals surface area contributed by atoms with Gasteiger partial charge in [-0.05, 0) is 42.8 Å². The van der Waals surface area contributed by atoms with Crippen molar-refractivity contribution in [2.75, 3.05) is 4.72 Å². The summed E-state index contributed by atoms with van der Waals surface area (Å²) in [5.41, 5.74) is 1.99. The lowest BCUT2D eigenvalue weighted by Crippen LogP contribution is -2.22. The van der Waals surface area contributed by atoms with Gasteiger partial charge in [0.05, 0.1) is 10.6 Å². The van der Waals surface area contributed by atoms with Crippen molar-refractivity contribution in [1.82, 2.24) is 0 Å². The molecule has 5 nitrogen and oxygen atoms in total. The van der Waals surface area contributed by atoms with Gasteiger partial charge in [0.1, 0.15) is 0 Å². The number of rotatable bonds is 3. The molecule has 28 heavy (non-hydrogen) atoms. The van der Waals surface area contributed by atoms with Crippen LogP contribution in [0.25, 0.3) is 0 Å². The molecule has 0 unspecified atom stereocenters. The van der Waals surface area contributed by atoms with E-state index in [1.165, 1.54) is 24.3 Å². The number of anilines is 1. The zero-order chi connectivity index (χ0) is 20.1. The minimum atomic E-state index is -3.97. The number of nitrogens with one attached hydrogen (secondary N) is 1. The first-order valence-corrected chi connectivity index (χ1v) is 10.3. The summed E-state index contributed by atoms with van der Waals surface area (Å²) in [6.45, 7) is 1.81. The van der Waals surface area contributed by atoms with Crippen LogP contribution in [0.3, 0.4) is 0 Å². The van der Waals surface area contributed by atoms with Gasteiger partial charge in [0.15, 0.2) is 11.6 Å². The summed E-state index contributed by atoms with van der Waals surface area (Å²) < 4.78 is 28.0. The average Bonchev–Trinajstić information content (AvgIpc) is 2.68. The topological polar surface area (TPSA) is 80.3 Å². The second kappa shape index (κ2) is 6.58. The molecule has 1 N–H and O–H groups in total. The van der Waals surface area contributed by atoms with Crippen LogP contribution in [0.1, 0.15) is 37.4 Å². The average molecular weight is 412 g/mol. The SMILES string of the molecule is Cc1ccc(NS(=O)(=O)c2ccc3c(c2)C(=O)c2ccccc2C3=O)cc1Cl. The lowest BCUT2D eigenvalue weighted by Gasteiger charge is -2.18. The van der Waals surface area contributed by atoms with Crippen molar-refractivity contribution in [2.24, 2.45) is 0 Å². The Labute approximate surface area is 167 Å². The minimum absolute atomic E-state index is 0.0773. The number of carbonyl (C=O) groups excluding carboxylic acids is 2. The van der Waals surface area contributed by atoms with Gasteiger partial charge in [-0.25, -0.2) is 8.42 Å². The number of aryl methyl sites for hydroxylation is 1. The van der Waals surface area contributed by atoms with Gasteiger partial charge in [-0.15, -0.1) is 0 Å². The molecule has 0 aliphatic heterocycles. The molecule has 0 amide bonds. The Hall–Kier alpha value is -2.96. The fourth-order valence-electron chi connectivity index (χ4n) is 3.12. The molecule has 7 heteroatoms. The highest BCUT2D eigenvalue weighted by molar-refractivity contribution is 7.92. The fraction of sp³-hybridized carbons (Fsp3) is 0.0476. The number of fused-ring (bicyclic) bond motifs is 2. The van der Waals surface area contributed by atoms with Gasteiger partial charge in [0, 0.05) is 27.3 Å². The fourth-order valence-corrected chi connectivity index (χ4v) is 4.37. The predicted octanol–water partition coefficient (Wildman–Crippen LogP) is 4.22. The van der Waals surface area contributed by atoms with Crippen molar-refractivity contribution in [3.05, 3.63) is 93.5 Å². The third kappa shape index (κ3) is 3.00. The van der Waals surface area contributed by atoms with Crippen LogP contribution in [-0.2, 0) is 10.0 Å². The van der Waals surface area contributed by atoms with Gasteiger partial charge in [0.2, 0.25) is 0 Å². The first kappa shape index (κ1) is 18.4. The summed E-state index contributed by atoms with van der Waals surface area (Å²) in [5.74, 6) is -0.673. The van der Waals surface area contributed by atoms with E-state index < -0.39 is 10.0 Å². The Kier molecular flexibility index (Phi) is 4.33. The monoisotopic (exact) mass is 411 g/mol. The number of carbonyl (C=O) groups is 2. The molecule has 3 aromatic carbocycles. The van der Waals surface area contributed by atoms with Crippen LogP contribution >= 0.6 is 11.6 Å². The van der Waals surface area contributed by atoms with E-state index in [0.29, 0.717) is 16.3 Å². The van der Waals surface area contributed by atoms with Crippen molar-refractivity contribution < 1.29 is 18.0 Å². The molecule has 0 atom stereocenters. The van der Waals surface area contributed by atoms with E-state index in [0.717, 1.165) is 5.56 Å². The maximum Gasteiger partial charge on any atom is 0.261 e. The first-order valence-electron chi connectivity index (χ1n) is 8.39.